The maximum atomic E-state index is 13.5. The molecule has 20 heavy (non-hydrogen) atoms. The summed E-state index contributed by atoms with van der Waals surface area (Å²) >= 11 is 0. The van der Waals surface area contributed by atoms with E-state index >= 15 is 0 Å². The number of hydrogen-bond donors (Lipinski definition) is 2. The molecule has 5 nitrogen and oxygen atoms in total. The summed E-state index contributed by atoms with van der Waals surface area (Å²) in [6.07, 6.45) is 0. The molecule has 1 aromatic rings. The zero-order valence-corrected chi connectivity index (χ0v) is 11.7. The molecule has 1 aromatic carbocycles. The van der Waals surface area contributed by atoms with E-state index < -0.39 is 26.6 Å². The predicted molar refractivity (Wildman–Crippen MR) is 70.9 cm³/mol. The van der Waals surface area contributed by atoms with E-state index in [1.54, 1.807) is 0 Å². The molecule has 1 fully saturated rings. The number of hydrogen-bond acceptors (Lipinski definition) is 4. The second-order valence-corrected chi connectivity index (χ2v) is 6.24. The van der Waals surface area contributed by atoms with Gasteiger partial charge in [0.2, 0.25) is 10.0 Å². The Bertz CT molecular complexity index is 540. The number of halogens is 2. The highest BCUT2D eigenvalue weighted by molar-refractivity contribution is 7.89. The molecule has 1 aliphatic heterocycles. The number of benzene rings is 1. The molecule has 1 aliphatic rings. The highest BCUT2D eigenvalue weighted by atomic mass is 32.2. The molecule has 0 aromatic heterocycles. The molecule has 8 heteroatoms. The van der Waals surface area contributed by atoms with Gasteiger partial charge in [-0.05, 0) is 12.1 Å². The smallest absolute Gasteiger partial charge is 0.246 e. The Labute approximate surface area is 117 Å². The van der Waals surface area contributed by atoms with Gasteiger partial charge in [-0.25, -0.2) is 21.9 Å². The summed E-state index contributed by atoms with van der Waals surface area (Å²) < 4.78 is 52.9. The molecule has 0 unspecified atom stereocenters. The number of nitrogens with one attached hydrogen (secondary N) is 2. The van der Waals surface area contributed by atoms with Crippen molar-refractivity contribution in [2.24, 2.45) is 0 Å². The highest BCUT2D eigenvalue weighted by Gasteiger charge is 2.23. The Hall–Kier alpha value is -1.09. The molecule has 0 aliphatic carbocycles. The van der Waals surface area contributed by atoms with Crippen LogP contribution in [-0.4, -0.2) is 52.6 Å². The molecule has 2 N–H and O–H groups in total. The van der Waals surface area contributed by atoms with Crippen molar-refractivity contribution in [1.29, 1.82) is 0 Å². The van der Waals surface area contributed by atoms with Crippen molar-refractivity contribution in [2.45, 2.75) is 4.90 Å². The van der Waals surface area contributed by atoms with Crippen LogP contribution in [0.25, 0.3) is 0 Å². The average Bonchev–Trinajstić information content (AvgIpc) is 2.39. The molecule has 0 amide bonds. The summed E-state index contributed by atoms with van der Waals surface area (Å²) in [4.78, 5) is 1.16. The normalized spacial score (nSPS) is 17.3. The Kier molecular flexibility index (Phi) is 5.03. The minimum absolute atomic E-state index is 0.121. The van der Waals surface area contributed by atoms with Gasteiger partial charge in [-0.2, -0.15) is 0 Å². The van der Waals surface area contributed by atoms with E-state index in [-0.39, 0.29) is 6.54 Å². The second-order valence-electron chi connectivity index (χ2n) is 4.54. The van der Waals surface area contributed by atoms with Gasteiger partial charge in [0.25, 0.3) is 0 Å². The van der Waals surface area contributed by atoms with E-state index in [0.717, 1.165) is 44.4 Å². The number of sulfonamides is 1. The van der Waals surface area contributed by atoms with Crippen LogP contribution in [0.3, 0.4) is 0 Å². The average molecular weight is 305 g/mol. The summed E-state index contributed by atoms with van der Waals surface area (Å²) in [6.45, 7) is 4.00. The summed E-state index contributed by atoms with van der Waals surface area (Å²) in [5.74, 6) is -2.17. The molecule has 0 radical (unpaired) electrons. The Morgan fingerprint density at radius 2 is 1.80 bits per heavy atom. The third-order valence-corrected chi connectivity index (χ3v) is 4.63. The quantitative estimate of drug-likeness (QED) is 0.813. The van der Waals surface area contributed by atoms with Crippen LogP contribution in [0, 0.1) is 11.6 Å². The Morgan fingerprint density at radius 1 is 1.20 bits per heavy atom. The van der Waals surface area contributed by atoms with Crippen molar-refractivity contribution in [3.63, 3.8) is 0 Å². The minimum Gasteiger partial charge on any atom is -0.314 e. The van der Waals surface area contributed by atoms with Gasteiger partial charge < -0.3 is 5.32 Å². The van der Waals surface area contributed by atoms with Gasteiger partial charge in [0.15, 0.2) is 4.90 Å². The summed E-state index contributed by atoms with van der Waals surface area (Å²) in [7, 11) is -4.16. The molecule has 1 heterocycles. The SMILES string of the molecule is O=S(=O)(NCCN1CCNCC1)c1c(F)cccc1F. The van der Waals surface area contributed by atoms with E-state index in [1.165, 1.54) is 0 Å². The van der Waals surface area contributed by atoms with Gasteiger partial charge in [-0.3, -0.25) is 4.90 Å². The van der Waals surface area contributed by atoms with E-state index in [1.807, 2.05) is 0 Å². The summed E-state index contributed by atoms with van der Waals surface area (Å²) in [5.41, 5.74) is 0. The number of piperazine rings is 1. The van der Waals surface area contributed by atoms with Gasteiger partial charge in [-0.1, -0.05) is 6.07 Å². The second kappa shape index (κ2) is 6.57. The zero-order valence-electron chi connectivity index (χ0n) is 10.9. The Morgan fingerprint density at radius 3 is 2.40 bits per heavy atom. The lowest BCUT2D eigenvalue weighted by Crippen LogP contribution is -2.46. The predicted octanol–water partition coefficient (Wildman–Crippen LogP) is 0.148. The molecule has 0 bridgehead atoms. The monoisotopic (exact) mass is 305 g/mol. The topological polar surface area (TPSA) is 61.4 Å². The van der Waals surface area contributed by atoms with Crippen molar-refractivity contribution in [1.82, 2.24) is 14.9 Å². The first kappa shape index (κ1) is 15.3. The van der Waals surface area contributed by atoms with Crippen molar-refractivity contribution < 1.29 is 17.2 Å². The largest absolute Gasteiger partial charge is 0.314 e. The third-order valence-electron chi connectivity index (χ3n) is 3.12. The molecule has 0 atom stereocenters. The van der Waals surface area contributed by atoms with Gasteiger partial charge in [-0.15, -0.1) is 0 Å². The van der Waals surface area contributed by atoms with Gasteiger partial charge in [0.1, 0.15) is 11.6 Å². The van der Waals surface area contributed by atoms with E-state index in [2.05, 4.69) is 14.9 Å². The minimum atomic E-state index is -4.16. The molecule has 1 saturated heterocycles. The first-order valence-electron chi connectivity index (χ1n) is 6.37. The Balaban J connectivity index is 1.97. The lowest BCUT2D eigenvalue weighted by molar-refractivity contribution is 0.245. The van der Waals surface area contributed by atoms with Crippen molar-refractivity contribution in [2.75, 3.05) is 39.3 Å². The fraction of sp³-hybridized carbons (Fsp3) is 0.500. The van der Waals surface area contributed by atoms with Crippen LogP contribution in [0.2, 0.25) is 0 Å². The van der Waals surface area contributed by atoms with Gasteiger partial charge in [0.05, 0.1) is 0 Å². The van der Waals surface area contributed by atoms with Crippen LogP contribution in [0.15, 0.2) is 23.1 Å². The number of rotatable bonds is 5. The van der Waals surface area contributed by atoms with Crippen LogP contribution < -0.4 is 10.0 Å². The fourth-order valence-corrected chi connectivity index (χ4v) is 3.24. The third kappa shape index (κ3) is 3.72. The van der Waals surface area contributed by atoms with Crippen LogP contribution in [0.1, 0.15) is 0 Å². The van der Waals surface area contributed by atoms with Crippen LogP contribution in [0.5, 0.6) is 0 Å². The van der Waals surface area contributed by atoms with Gasteiger partial charge >= 0.3 is 0 Å². The van der Waals surface area contributed by atoms with E-state index in [0.29, 0.717) is 6.54 Å². The van der Waals surface area contributed by atoms with Crippen molar-refractivity contribution >= 4 is 10.0 Å². The lowest BCUT2D eigenvalue weighted by Gasteiger charge is -2.27. The molecular weight excluding hydrogens is 288 g/mol. The summed E-state index contributed by atoms with van der Waals surface area (Å²) in [5, 5.41) is 3.18. The van der Waals surface area contributed by atoms with Crippen LogP contribution in [-0.2, 0) is 10.0 Å². The standard InChI is InChI=1S/C12H17F2N3O2S/c13-10-2-1-3-11(14)12(10)20(18,19)16-6-9-17-7-4-15-5-8-17/h1-3,15-16H,4-9H2. The molecular formula is C12H17F2N3O2S. The maximum absolute atomic E-state index is 13.5. The van der Waals surface area contributed by atoms with Crippen LogP contribution >= 0.6 is 0 Å². The zero-order chi connectivity index (χ0) is 14.6. The highest BCUT2D eigenvalue weighted by Crippen LogP contribution is 2.17. The maximum Gasteiger partial charge on any atom is 0.246 e. The van der Waals surface area contributed by atoms with E-state index in [9.17, 15) is 17.2 Å². The summed E-state index contributed by atoms with van der Waals surface area (Å²) in [6, 6.07) is 2.98. The van der Waals surface area contributed by atoms with Crippen molar-refractivity contribution in [3.05, 3.63) is 29.8 Å². The fourth-order valence-electron chi connectivity index (χ4n) is 2.08. The first-order chi connectivity index (χ1) is 9.50. The van der Waals surface area contributed by atoms with Crippen LogP contribution in [0.4, 0.5) is 8.78 Å². The first-order valence-corrected chi connectivity index (χ1v) is 7.86. The number of nitrogens with zero attached hydrogens (tertiary/aromatic N) is 1. The molecule has 0 spiro atoms. The lowest BCUT2D eigenvalue weighted by atomic mass is 10.3. The molecule has 0 saturated carbocycles. The molecule has 112 valence electrons. The van der Waals surface area contributed by atoms with E-state index in [4.69, 9.17) is 0 Å². The molecule has 2 rings (SSSR count). The van der Waals surface area contributed by atoms with Crippen molar-refractivity contribution in [3.8, 4) is 0 Å². The van der Waals surface area contributed by atoms with Gasteiger partial charge in [0, 0.05) is 39.3 Å².